The number of rotatable bonds is 1. The largest absolute Gasteiger partial charge is 0.393 e. The van der Waals surface area contributed by atoms with E-state index < -0.39 is 0 Å². The number of piperazine rings is 1. The molecule has 0 aromatic rings. The molecule has 0 aromatic heterocycles. The van der Waals surface area contributed by atoms with E-state index in [2.05, 4.69) is 51.5 Å². The van der Waals surface area contributed by atoms with E-state index in [4.69, 9.17) is 0 Å². The first-order chi connectivity index (χ1) is 17.3. The summed E-state index contributed by atoms with van der Waals surface area (Å²) in [6.45, 7) is 16.6. The molecule has 1 amide bonds. The van der Waals surface area contributed by atoms with Gasteiger partial charge in [-0.25, -0.2) is 0 Å². The molecular weight excluding hydrogens is 456 g/mol. The van der Waals surface area contributed by atoms with E-state index in [9.17, 15) is 9.90 Å². The molecule has 208 valence electrons. The molecule has 5 aliphatic carbocycles. The van der Waals surface area contributed by atoms with Crippen molar-refractivity contribution in [2.75, 3.05) is 33.2 Å². The number of nitrogens with zero attached hydrogens (tertiary/aromatic N) is 2. The summed E-state index contributed by atoms with van der Waals surface area (Å²) in [6, 6.07) is 0. The molecule has 0 radical (unpaired) electrons. The zero-order chi connectivity index (χ0) is 26.4. The Morgan fingerprint density at radius 2 is 1.54 bits per heavy atom. The highest BCUT2D eigenvalue weighted by Gasteiger charge is 2.66. The fraction of sp³-hybridized carbons (Fsp3) is 0.909. The minimum absolute atomic E-state index is 0.0837. The third-order valence-electron chi connectivity index (χ3n) is 13.8. The van der Waals surface area contributed by atoms with Gasteiger partial charge in [-0.2, -0.15) is 0 Å². The second-order valence-electron chi connectivity index (χ2n) is 16.0. The van der Waals surface area contributed by atoms with Gasteiger partial charge in [-0.3, -0.25) is 4.79 Å². The first kappa shape index (κ1) is 26.4. The van der Waals surface area contributed by atoms with E-state index in [0.29, 0.717) is 22.7 Å². The van der Waals surface area contributed by atoms with E-state index in [-0.39, 0.29) is 22.3 Å². The van der Waals surface area contributed by atoms with Crippen LogP contribution in [0.2, 0.25) is 0 Å². The summed E-state index contributed by atoms with van der Waals surface area (Å²) < 4.78 is 0. The second-order valence-corrected chi connectivity index (χ2v) is 16.0. The van der Waals surface area contributed by atoms with Gasteiger partial charge < -0.3 is 14.9 Å². The summed E-state index contributed by atoms with van der Waals surface area (Å²) >= 11 is 0. The predicted octanol–water partition coefficient (Wildman–Crippen LogP) is 6.43. The maximum absolute atomic E-state index is 14.5. The number of fused-ring (bicyclic) bond motifs is 6. The SMILES string of the molecule is CN1CCN(C(=O)C23CCC(C)(C)CC2=C2CCC4C5(C)CCC(O)CC5CCC4(C)C2(C)CC3)CC1. The molecule has 6 rings (SSSR count). The van der Waals surface area contributed by atoms with E-state index in [0.717, 1.165) is 64.2 Å². The van der Waals surface area contributed by atoms with Crippen molar-refractivity contribution in [2.24, 2.45) is 38.9 Å². The topological polar surface area (TPSA) is 43.8 Å². The normalized spacial score (nSPS) is 48.0. The number of hydrogen-bond acceptors (Lipinski definition) is 3. The molecule has 7 unspecified atom stereocenters. The second kappa shape index (κ2) is 8.56. The number of amides is 1. The molecule has 1 saturated heterocycles. The molecule has 0 bridgehead atoms. The molecule has 5 fully saturated rings. The number of carbonyl (C=O) groups excluding carboxylic acids is 1. The van der Waals surface area contributed by atoms with Crippen molar-refractivity contribution in [3.05, 3.63) is 11.1 Å². The highest BCUT2D eigenvalue weighted by atomic mass is 16.3. The summed E-state index contributed by atoms with van der Waals surface area (Å²) in [7, 11) is 2.18. The maximum atomic E-state index is 14.5. The Morgan fingerprint density at radius 1 is 0.838 bits per heavy atom. The van der Waals surface area contributed by atoms with Crippen molar-refractivity contribution >= 4 is 5.91 Å². The lowest BCUT2D eigenvalue weighted by Gasteiger charge is -2.69. The first-order valence-electron chi connectivity index (χ1n) is 15.7. The van der Waals surface area contributed by atoms with Crippen LogP contribution in [-0.4, -0.2) is 60.1 Å². The summed E-state index contributed by atoms with van der Waals surface area (Å²) in [5, 5.41) is 10.5. The molecule has 0 aromatic carbocycles. The minimum atomic E-state index is -0.237. The molecule has 4 nitrogen and oxygen atoms in total. The lowest BCUT2D eigenvalue weighted by Crippen LogP contribution is -2.62. The van der Waals surface area contributed by atoms with E-state index in [1.54, 1.807) is 11.1 Å². The van der Waals surface area contributed by atoms with Gasteiger partial charge in [0.1, 0.15) is 0 Å². The Morgan fingerprint density at radius 3 is 2.27 bits per heavy atom. The smallest absolute Gasteiger partial charge is 0.232 e. The Hall–Kier alpha value is -0.870. The Kier molecular flexibility index (Phi) is 6.10. The van der Waals surface area contributed by atoms with Crippen LogP contribution < -0.4 is 0 Å². The average Bonchev–Trinajstić information content (AvgIpc) is 2.85. The monoisotopic (exact) mass is 510 g/mol. The average molecular weight is 511 g/mol. The van der Waals surface area contributed by atoms with Crippen LogP contribution in [0.3, 0.4) is 0 Å². The highest BCUT2D eigenvalue weighted by molar-refractivity contribution is 5.87. The third kappa shape index (κ3) is 3.70. The fourth-order valence-electron chi connectivity index (χ4n) is 11.0. The van der Waals surface area contributed by atoms with Crippen LogP contribution in [0.15, 0.2) is 11.1 Å². The van der Waals surface area contributed by atoms with E-state index in [1.165, 1.54) is 44.9 Å². The minimum Gasteiger partial charge on any atom is -0.393 e. The number of likely N-dealkylation sites (N-methyl/N-ethyl adjacent to an activating group) is 1. The fourth-order valence-corrected chi connectivity index (χ4v) is 11.0. The Labute approximate surface area is 226 Å². The zero-order valence-corrected chi connectivity index (χ0v) is 24.8. The van der Waals surface area contributed by atoms with Crippen molar-refractivity contribution in [3.8, 4) is 0 Å². The van der Waals surface area contributed by atoms with Gasteiger partial charge in [-0.15, -0.1) is 0 Å². The van der Waals surface area contributed by atoms with Gasteiger partial charge in [-0.1, -0.05) is 45.8 Å². The third-order valence-corrected chi connectivity index (χ3v) is 13.8. The summed E-state index contributed by atoms with van der Waals surface area (Å²) in [6.07, 6.45) is 13.7. The molecule has 6 aliphatic rings. The predicted molar refractivity (Wildman–Crippen MR) is 150 cm³/mol. The van der Waals surface area contributed by atoms with Gasteiger partial charge in [0.05, 0.1) is 11.5 Å². The molecular formula is C33H54N2O2. The van der Waals surface area contributed by atoms with Crippen molar-refractivity contribution in [2.45, 2.75) is 118 Å². The van der Waals surface area contributed by atoms with Gasteiger partial charge >= 0.3 is 0 Å². The van der Waals surface area contributed by atoms with Crippen LogP contribution in [0.5, 0.6) is 0 Å². The maximum Gasteiger partial charge on any atom is 0.232 e. The van der Waals surface area contributed by atoms with Crippen molar-refractivity contribution < 1.29 is 9.90 Å². The highest BCUT2D eigenvalue weighted by Crippen LogP contribution is 2.74. The van der Waals surface area contributed by atoms with Crippen LogP contribution in [0.4, 0.5) is 0 Å². The molecule has 1 heterocycles. The Balaban J connectivity index is 1.41. The van der Waals surface area contributed by atoms with Crippen LogP contribution >= 0.6 is 0 Å². The quantitative estimate of drug-likeness (QED) is 0.413. The van der Waals surface area contributed by atoms with Crippen molar-refractivity contribution in [1.82, 2.24) is 9.80 Å². The lowest BCUT2D eigenvalue weighted by atomic mass is 9.35. The summed E-state index contributed by atoms with van der Waals surface area (Å²) in [5.41, 5.74) is 4.24. The zero-order valence-electron chi connectivity index (χ0n) is 24.8. The molecule has 4 heteroatoms. The van der Waals surface area contributed by atoms with Crippen LogP contribution in [0, 0.1) is 38.9 Å². The van der Waals surface area contributed by atoms with Gasteiger partial charge in [-0.05, 0) is 118 Å². The van der Waals surface area contributed by atoms with E-state index >= 15 is 0 Å². The molecule has 4 saturated carbocycles. The van der Waals surface area contributed by atoms with Crippen molar-refractivity contribution in [1.29, 1.82) is 0 Å². The van der Waals surface area contributed by atoms with Crippen molar-refractivity contribution in [3.63, 3.8) is 0 Å². The Bertz CT molecular complexity index is 979. The first-order valence-corrected chi connectivity index (χ1v) is 15.7. The molecule has 37 heavy (non-hydrogen) atoms. The van der Waals surface area contributed by atoms with Gasteiger partial charge in [0, 0.05) is 26.2 Å². The molecule has 1 aliphatic heterocycles. The lowest BCUT2D eigenvalue weighted by molar-refractivity contribution is -0.168. The number of hydrogen-bond donors (Lipinski definition) is 1. The number of carbonyl (C=O) groups is 1. The number of allylic oxidation sites excluding steroid dienone is 1. The molecule has 7 atom stereocenters. The summed E-state index contributed by atoms with van der Waals surface area (Å²) in [4.78, 5) is 19.1. The number of aliphatic hydroxyl groups excluding tert-OH is 1. The summed E-state index contributed by atoms with van der Waals surface area (Å²) in [5.74, 6) is 1.89. The van der Waals surface area contributed by atoms with Gasteiger partial charge in [0.15, 0.2) is 0 Å². The van der Waals surface area contributed by atoms with Crippen LogP contribution in [0.1, 0.15) is 112 Å². The van der Waals surface area contributed by atoms with Crippen LogP contribution in [0.25, 0.3) is 0 Å². The van der Waals surface area contributed by atoms with Gasteiger partial charge in [0.2, 0.25) is 5.91 Å². The van der Waals surface area contributed by atoms with Gasteiger partial charge in [0.25, 0.3) is 0 Å². The van der Waals surface area contributed by atoms with E-state index in [1.807, 2.05) is 0 Å². The molecule has 1 N–H and O–H groups in total. The standard InChI is InChI=1S/C33H54N2O2/c1-29(2)13-15-33(28(37)35-19-17-34(6)18-20-35)16-14-31(4)25(26(33)22-29)7-8-27-30(3)11-10-24(36)21-23(30)9-12-32(27,31)5/h23-24,27,36H,7-22H2,1-6H3. The molecule has 0 spiro atoms. The van der Waals surface area contributed by atoms with Crippen LogP contribution in [-0.2, 0) is 4.79 Å². The number of aliphatic hydroxyl groups is 1.